The number of nitrogens with zero attached hydrogens (tertiary/aromatic N) is 2. The Morgan fingerprint density at radius 2 is 2.00 bits per heavy atom. The predicted octanol–water partition coefficient (Wildman–Crippen LogP) is -0.0740. The van der Waals surface area contributed by atoms with Crippen molar-refractivity contribution in [2.24, 2.45) is 0 Å². The summed E-state index contributed by atoms with van der Waals surface area (Å²) in [6.45, 7) is -0.468. The highest BCUT2D eigenvalue weighted by Gasteiger charge is 2.43. The molecule has 1 fully saturated rings. The van der Waals surface area contributed by atoms with E-state index in [0.717, 1.165) is 6.07 Å². The average molecular weight is 286 g/mol. The highest BCUT2D eigenvalue weighted by atomic mass is 19.2. The molecule has 0 radical (unpaired) electrons. The molecule has 1 saturated heterocycles. The maximum Gasteiger partial charge on any atom is 0.186 e. The molecule has 6 nitrogen and oxygen atoms in total. The van der Waals surface area contributed by atoms with E-state index in [9.17, 15) is 19.0 Å². The van der Waals surface area contributed by atoms with Crippen molar-refractivity contribution in [3.63, 3.8) is 0 Å². The summed E-state index contributed by atoms with van der Waals surface area (Å²) >= 11 is 0. The van der Waals surface area contributed by atoms with E-state index >= 15 is 0 Å². The maximum absolute atomic E-state index is 13.6. The van der Waals surface area contributed by atoms with E-state index in [4.69, 9.17) is 9.84 Å². The molecule has 108 valence electrons. The van der Waals surface area contributed by atoms with Crippen molar-refractivity contribution in [2.45, 2.75) is 24.5 Å². The van der Waals surface area contributed by atoms with Gasteiger partial charge in [0, 0.05) is 0 Å². The number of aliphatic hydroxyl groups is 3. The van der Waals surface area contributed by atoms with Gasteiger partial charge in [0.15, 0.2) is 17.9 Å². The van der Waals surface area contributed by atoms with Gasteiger partial charge in [0.1, 0.15) is 23.8 Å². The van der Waals surface area contributed by atoms with E-state index < -0.39 is 42.8 Å². The minimum absolute atomic E-state index is 0.192. The zero-order chi connectivity index (χ0) is 14.4. The first-order chi connectivity index (χ1) is 9.54. The lowest BCUT2D eigenvalue weighted by molar-refractivity contribution is -0.0508. The zero-order valence-electron chi connectivity index (χ0n) is 10.1. The van der Waals surface area contributed by atoms with Gasteiger partial charge in [0.2, 0.25) is 0 Å². The Labute approximate surface area is 111 Å². The van der Waals surface area contributed by atoms with Crippen LogP contribution in [-0.4, -0.2) is 49.8 Å². The number of hydrogen-bond acceptors (Lipinski definition) is 5. The molecule has 20 heavy (non-hydrogen) atoms. The molecule has 4 atom stereocenters. The summed E-state index contributed by atoms with van der Waals surface area (Å²) in [6, 6.07) is 2.24. The van der Waals surface area contributed by atoms with Gasteiger partial charge >= 0.3 is 0 Å². The molecule has 0 unspecified atom stereocenters. The fourth-order valence-electron chi connectivity index (χ4n) is 2.36. The summed E-state index contributed by atoms with van der Waals surface area (Å²) in [5.41, 5.74) is 0.0291. The molecule has 2 heterocycles. The first-order valence-electron chi connectivity index (χ1n) is 5.97. The highest BCUT2D eigenvalue weighted by molar-refractivity contribution is 5.76. The van der Waals surface area contributed by atoms with Crippen LogP contribution >= 0.6 is 0 Å². The molecule has 1 aliphatic rings. The lowest BCUT2D eigenvalue weighted by Crippen LogP contribution is -2.33. The molecule has 0 amide bonds. The molecule has 3 rings (SSSR count). The number of halogens is 2. The van der Waals surface area contributed by atoms with Crippen LogP contribution in [0.1, 0.15) is 6.23 Å². The minimum Gasteiger partial charge on any atom is -0.394 e. The number of aliphatic hydroxyl groups excluding tert-OH is 3. The molecule has 1 aromatic heterocycles. The summed E-state index contributed by atoms with van der Waals surface area (Å²) in [5.74, 6) is -2.11. The monoisotopic (exact) mass is 286 g/mol. The second kappa shape index (κ2) is 4.74. The largest absolute Gasteiger partial charge is 0.394 e. The molecule has 3 N–H and O–H groups in total. The molecule has 0 saturated carbocycles. The van der Waals surface area contributed by atoms with Crippen molar-refractivity contribution in [1.29, 1.82) is 0 Å². The van der Waals surface area contributed by atoms with Gasteiger partial charge in [-0.2, -0.15) is 0 Å². The van der Waals surface area contributed by atoms with E-state index in [-0.39, 0.29) is 11.0 Å². The molecule has 1 aliphatic heterocycles. The van der Waals surface area contributed by atoms with Gasteiger partial charge in [-0.1, -0.05) is 0 Å². The summed E-state index contributed by atoms with van der Waals surface area (Å²) in [5, 5.41) is 28.6. The standard InChI is InChI=1S/C12H12F2N2O4/c13-5-1-2-6-9(8(5)14)15-4-16(6)12-11(19)10(18)7(3-17)20-12/h1-2,4,7,10-12,17-19H,3H2/t7-,10-,11-,12-/m1/s1. The first kappa shape index (κ1) is 13.4. The fraction of sp³-hybridized carbons (Fsp3) is 0.417. The average Bonchev–Trinajstić information content (AvgIpc) is 2.98. The Bertz CT molecular complexity index is 648. The van der Waals surface area contributed by atoms with E-state index in [1.54, 1.807) is 0 Å². The number of fused-ring (bicyclic) bond motifs is 1. The van der Waals surface area contributed by atoms with Crippen LogP contribution in [0.2, 0.25) is 0 Å². The lowest BCUT2D eigenvalue weighted by atomic mass is 10.1. The van der Waals surface area contributed by atoms with Crippen LogP contribution in [0, 0.1) is 11.6 Å². The smallest absolute Gasteiger partial charge is 0.186 e. The Kier molecular flexibility index (Phi) is 3.17. The third kappa shape index (κ3) is 1.80. The van der Waals surface area contributed by atoms with Crippen molar-refractivity contribution in [2.75, 3.05) is 6.61 Å². The predicted molar refractivity (Wildman–Crippen MR) is 62.7 cm³/mol. The van der Waals surface area contributed by atoms with Crippen molar-refractivity contribution >= 4 is 11.0 Å². The second-order valence-corrected chi connectivity index (χ2v) is 4.61. The molecule has 8 heteroatoms. The third-order valence-corrected chi connectivity index (χ3v) is 3.43. The van der Waals surface area contributed by atoms with Crippen LogP contribution in [0.25, 0.3) is 11.0 Å². The summed E-state index contributed by atoms with van der Waals surface area (Å²) in [4.78, 5) is 3.75. The summed E-state index contributed by atoms with van der Waals surface area (Å²) < 4.78 is 33.3. The van der Waals surface area contributed by atoms with Gasteiger partial charge < -0.3 is 24.6 Å². The van der Waals surface area contributed by atoms with Crippen LogP contribution in [0.3, 0.4) is 0 Å². The number of hydrogen-bond donors (Lipinski definition) is 3. The number of imidazole rings is 1. The van der Waals surface area contributed by atoms with Gasteiger partial charge in [-0.3, -0.25) is 0 Å². The fourth-order valence-corrected chi connectivity index (χ4v) is 2.36. The minimum atomic E-state index is -1.31. The molecule has 0 aliphatic carbocycles. The molecule has 2 aromatic rings. The van der Waals surface area contributed by atoms with Gasteiger partial charge in [-0.15, -0.1) is 0 Å². The Morgan fingerprint density at radius 3 is 2.65 bits per heavy atom. The quantitative estimate of drug-likeness (QED) is 0.719. The summed E-state index contributed by atoms with van der Waals surface area (Å²) in [7, 11) is 0. The molecule has 1 aromatic carbocycles. The van der Waals surface area contributed by atoms with Crippen LogP contribution in [0.5, 0.6) is 0 Å². The third-order valence-electron chi connectivity index (χ3n) is 3.43. The van der Waals surface area contributed by atoms with E-state index in [1.165, 1.54) is 17.0 Å². The van der Waals surface area contributed by atoms with Gasteiger partial charge in [-0.25, -0.2) is 13.8 Å². The topological polar surface area (TPSA) is 87.7 Å². The number of benzene rings is 1. The number of rotatable bonds is 2. The van der Waals surface area contributed by atoms with E-state index in [0.29, 0.717) is 0 Å². The molecule has 0 spiro atoms. The van der Waals surface area contributed by atoms with Crippen LogP contribution in [-0.2, 0) is 4.74 Å². The van der Waals surface area contributed by atoms with Crippen molar-refractivity contribution in [1.82, 2.24) is 9.55 Å². The Morgan fingerprint density at radius 1 is 1.25 bits per heavy atom. The first-order valence-corrected chi connectivity index (χ1v) is 5.97. The van der Waals surface area contributed by atoms with Crippen molar-refractivity contribution in [3.8, 4) is 0 Å². The Balaban J connectivity index is 2.05. The number of aromatic nitrogens is 2. The Hall–Kier alpha value is -1.61. The molecule has 0 bridgehead atoms. The lowest BCUT2D eigenvalue weighted by Gasteiger charge is -2.17. The maximum atomic E-state index is 13.6. The van der Waals surface area contributed by atoms with Crippen molar-refractivity contribution < 1.29 is 28.8 Å². The van der Waals surface area contributed by atoms with Crippen molar-refractivity contribution in [3.05, 3.63) is 30.1 Å². The van der Waals surface area contributed by atoms with Gasteiger partial charge in [0.25, 0.3) is 0 Å². The second-order valence-electron chi connectivity index (χ2n) is 4.61. The van der Waals surface area contributed by atoms with Crippen LogP contribution in [0.4, 0.5) is 8.78 Å². The SMILES string of the molecule is OC[C@H]1O[C@@H](n2cnc3c(F)c(F)ccc32)[C@H](O)[C@@H]1O. The van der Waals surface area contributed by atoms with Gasteiger partial charge in [0.05, 0.1) is 18.5 Å². The molecular formula is C12H12F2N2O4. The van der Waals surface area contributed by atoms with E-state index in [2.05, 4.69) is 4.98 Å². The van der Waals surface area contributed by atoms with E-state index in [1.807, 2.05) is 0 Å². The normalized spacial score (nSPS) is 30.2. The highest BCUT2D eigenvalue weighted by Crippen LogP contribution is 2.32. The van der Waals surface area contributed by atoms with Crippen LogP contribution in [0.15, 0.2) is 18.5 Å². The molecular weight excluding hydrogens is 274 g/mol. The van der Waals surface area contributed by atoms with Crippen LogP contribution < -0.4 is 0 Å². The summed E-state index contributed by atoms with van der Waals surface area (Å²) in [6.07, 6.45) is -3.37. The number of ether oxygens (including phenoxy) is 1. The van der Waals surface area contributed by atoms with Gasteiger partial charge in [-0.05, 0) is 12.1 Å². The zero-order valence-corrected chi connectivity index (χ0v) is 10.1.